The predicted molar refractivity (Wildman–Crippen MR) is 78.1 cm³/mol. The molecule has 0 spiro atoms. The monoisotopic (exact) mass is 291 g/mol. The van der Waals surface area contributed by atoms with Crippen LogP contribution in [0.15, 0.2) is 0 Å². The van der Waals surface area contributed by atoms with Crippen LogP contribution in [0.1, 0.15) is 39.0 Å². The summed E-state index contributed by atoms with van der Waals surface area (Å²) in [4.78, 5) is 25.2. The maximum Gasteiger partial charge on any atom is 0.239 e. The van der Waals surface area contributed by atoms with Crippen LogP contribution in [-0.4, -0.2) is 42.9 Å². The molecule has 3 N–H and O–H groups in total. The molecule has 1 rings (SSSR count). The molecule has 0 heterocycles. The lowest BCUT2D eigenvalue weighted by Crippen LogP contribution is -2.41. The first-order valence-corrected chi connectivity index (χ1v) is 6.82. The Hall–Kier alpha value is -0.810. The molecule has 0 saturated heterocycles. The van der Waals surface area contributed by atoms with E-state index < -0.39 is 0 Å². The summed E-state index contributed by atoms with van der Waals surface area (Å²) in [5.74, 6) is 0.233. The second kappa shape index (κ2) is 9.15. The second-order valence-corrected chi connectivity index (χ2v) is 5.05. The van der Waals surface area contributed by atoms with Gasteiger partial charge in [-0.3, -0.25) is 9.59 Å². The number of hydrogen-bond donors (Lipinski definition) is 2. The van der Waals surface area contributed by atoms with E-state index in [-0.39, 0.29) is 36.8 Å². The molecule has 2 amide bonds. The summed E-state index contributed by atoms with van der Waals surface area (Å²) >= 11 is 0. The first kappa shape index (κ1) is 18.2. The zero-order chi connectivity index (χ0) is 13.5. The largest absolute Gasteiger partial charge is 0.358 e. The first-order valence-electron chi connectivity index (χ1n) is 6.82. The number of nitrogens with zero attached hydrogens (tertiary/aromatic N) is 1. The molecule has 1 aliphatic carbocycles. The quantitative estimate of drug-likeness (QED) is 0.764. The van der Waals surface area contributed by atoms with Gasteiger partial charge in [0, 0.05) is 26.1 Å². The maximum atomic E-state index is 12.2. The lowest BCUT2D eigenvalue weighted by Gasteiger charge is -2.24. The van der Waals surface area contributed by atoms with Gasteiger partial charge in [0.05, 0.1) is 6.54 Å². The van der Waals surface area contributed by atoms with Crippen LogP contribution in [0.25, 0.3) is 0 Å². The third-order valence-corrected chi connectivity index (χ3v) is 3.61. The van der Waals surface area contributed by atoms with E-state index in [0.717, 1.165) is 25.7 Å². The van der Waals surface area contributed by atoms with Gasteiger partial charge >= 0.3 is 0 Å². The van der Waals surface area contributed by atoms with Crippen molar-refractivity contribution in [3.8, 4) is 0 Å². The van der Waals surface area contributed by atoms with Crippen LogP contribution >= 0.6 is 12.4 Å². The van der Waals surface area contributed by atoms with Gasteiger partial charge in [-0.1, -0.05) is 13.3 Å². The second-order valence-electron chi connectivity index (χ2n) is 5.05. The summed E-state index contributed by atoms with van der Waals surface area (Å²) < 4.78 is 0. The fraction of sp³-hybridized carbons (Fsp3) is 0.846. The van der Waals surface area contributed by atoms with Crippen LogP contribution in [-0.2, 0) is 9.59 Å². The summed E-state index contributed by atoms with van der Waals surface area (Å²) in [6.07, 6.45) is 4.51. The van der Waals surface area contributed by atoms with E-state index in [1.165, 1.54) is 0 Å². The summed E-state index contributed by atoms with van der Waals surface area (Å²) in [6, 6.07) is 0.150. The molecule has 1 saturated carbocycles. The van der Waals surface area contributed by atoms with E-state index in [1.54, 1.807) is 11.9 Å². The minimum absolute atomic E-state index is 0. The van der Waals surface area contributed by atoms with Crippen molar-refractivity contribution >= 4 is 24.2 Å². The highest BCUT2D eigenvalue weighted by molar-refractivity contribution is 5.85. The van der Waals surface area contributed by atoms with E-state index in [1.807, 2.05) is 6.92 Å². The van der Waals surface area contributed by atoms with E-state index in [9.17, 15) is 9.59 Å². The Balaban J connectivity index is 0.00000324. The molecule has 0 bridgehead atoms. The van der Waals surface area contributed by atoms with Gasteiger partial charge in [-0.05, 0) is 25.2 Å². The van der Waals surface area contributed by atoms with Crippen LogP contribution in [0.4, 0.5) is 0 Å². The van der Waals surface area contributed by atoms with E-state index in [2.05, 4.69) is 5.32 Å². The lowest BCUT2D eigenvalue weighted by molar-refractivity contribution is -0.136. The molecule has 0 unspecified atom stereocenters. The van der Waals surface area contributed by atoms with Gasteiger partial charge in [-0.15, -0.1) is 12.4 Å². The molecule has 0 aromatic heterocycles. The summed E-state index contributed by atoms with van der Waals surface area (Å²) in [5.41, 5.74) is 5.98. The number of hydrogen-bond acceptors (Lipinski definition) is 3. The average Bonchev–Trinajstić information content (AvgIpc) is 2.74. The van der Waals surface area contributed by atoms with Crippen molar-refractivity contribution in [1.82, 2.24) is 10.2 Å². The number of rotatable bonds is 6. The fourth-order valence-electron chi connectivity index (χ4n) is 2.49. The number of amides is 2. The fourth-order valence-corrected chi connectivity index (χ4v) is 2.49. The summed E-state index contributed by atoms with van der Waals surface area (Å²) in [6.45, 7) is 2.80. The van der Waals surface area contributed by atoms with Gasteiger partial charge in [-0.2, -0.15) is 0 Å². The molecule has 1 aliphatic rings. The van der Waals surface area contributed by atoms with Gasteiger partial charge in [0.25, 0.3) is 0 Å². The minimum Gasteiger partial charge on any atom is -0.358 e. The highest BCUT2D eigenvalue weighted by atomic mass is 35.5. The van der Waals surface area contributed by atoms with Gasteiger partial charge in [-0.25, -0.2) is 0 Å². The zero-order valence-corrected chi connectivity index (χ0v) is 12.7. The summed E-state index contributed by atoms with van der Waals surface area (Å²) in [5, 5.41) is 2.55. The molecule has 112 valence electrons. The van der Waals surface area contributed by atoms with Crippen molar-refractivity contribution in [1.29, 1.82) is 0 Å². The van der Waals surface area contributed by atoms with Crippen LogP contribution in [0.5, 0.6) is 0 Å². The zero-order valence-electron chi connectivity index (χ0n) is 11.9. The molecule has 0 aromatic rings. The third kappa shape index (κ3) is 5.78. The van der Waals surface area contributed by atoms with E-state index >= 15 is 0 Å². The Labute approximate surface area is 121 Å². The molecule has 6 heteroatoms. The lowest BCUT2D eigenvalue weighted by atomic mass is 9.99. The average molecular weight is 292 g/mol. The molecule has 0 radical (unpaired) electrons. The molecule has 0 aliphatic heterocycles. The molecule has 0 aromatic carbocycles. The van der Waals surface area contributed by atoms with Gasteiger partial charge in [0.2, 0.25) is 11.8 Å². The minimum atomic E-state index is -0.118. The molecule has 1 fully saturated rings. The van der Waals surface area contributed by atoms with Crippen molar-refractivity contribution in [3.05, 3.63) is 0 Å². The predicted octanol–water partition coefficient (Wildman–Crippen LogP) is 0.910. The Morgan fingerprint density at radius 1 is 1.37 bits per heavy atom. The summed E-state index contributed by atoms with van der Waals surface area (Å²) in [7, 11) is 1.59. The topological polar surface area (TPSA) is 75.4 Å². The Morgan fingerprint density at radius 2 is 2.05 bits per heavy atom. The molecular weight excluding hydrogens is 266 g/mol. The number of likely N-dealkylation sites (N-methyl/N-ethyl adjacent to an activating group) is 1. The Morgan fingerprint density at radius 3 is 2.53 bits per heavy atom. The van der Waals surface area contributed by atoms with Crippen molar-refractivity contribution in [3.63, 3.8) is 0 Å². The molecule has 2 atom stereocenters. The van der Waals surface area contributed by atoms with Gasteiger partial charge < -0.3 is 16.0 Å². The Kier molecular flexibility index (Phi) is 8.76. The molecule has 19 heavy (non-hydrogen) atoms. The van der Waals surface area contributed by atoms with E-state index in [0.29, 0.717) is 18.9 Å². The number of carbonyl (C=O) groups excluding carboxylic acids is 2. The third-order valence-electron chi connectivity index (χ3n) is 3.61. The maximum absolute atomic E-state index is 12.2. The van der Waals surface area contributed by atoms with Crippen LogP contribution in [0.2, 0.25) is 0 Å². The van der Waals surface area contributed by atoms with Gasteiger partial charge in [0.1, 0.15) is 0 Å². The van der Waals surface area contributed by atoms with E-state index in [4.69, 9.17) is 5.73 Å². The number of nitrogens with one attached hydrogen (secondary N) is 1. The number of nitrogens with two attached hydrogens (primary N) is 1. The van der Waals surface area contributed by atoms with Crippen LogP contribution in [0, 0.1) is 5.92 Å². The highest BCUT2D eigenvalue weighted by Gasteiger charge is 2.28. The van der Waals surface area contributed by atoms with Crippen molar-refractivity contribution in [2.45, 2.75) is 45.1 Å². The Bertz CT molecular complexity index is 300. The SMILES string of the molecule is CCCN(CC(=O)NC)C(=O)C[C@@H]1CCC[C@H]1N.Cl. The van der Waals surface area contributed by atoms with Crippen molar-refractivity contribution in [2.24, 2.45) is 11.7 Å². The molecule has 5 nitrogen and oxygen atoms in total. The van der Waals surface area contributed by atoms with Crippen molar-refractivity contribution < 1.29 is 9.59 Å². The highest BCUT2D eigenvalue weighted by Crippen LogP contribution is 2.27. The van der Waals surface area contributed by atoms with Gasteiger partial charge in [0.15, 0.2) is 0 Å². The smallest absolute Gasteiger partial charge is 0.239 e. The normalized spacial score (nSPS) is 21.6. The standard InChI is InChI=1S/C13H25N3O2.ClH/c1-3-7-16(9-12(17)15-2)13(18)8-10-5-4-6-11(10)14;/h10-11H,3-9,14H2,1-2H3,(H,15,17);1H/t10-,11+;/m0./s1. The number of halogens is 1. The van der Waals surface area contributed by atoms with Crippen LogP contribution < -0.4 is 11.1 Å². The number of carbonyl (C=O) groups is 2. The molecular formula is C13H26ClN3O2. The van der Waals surface area contributed by atoms with Crippen molar-refractivity contribution in [2.75, 3.05) is 20.1 Å². The first-order chi connectivity index (χ1) is 8.58. The van der Waals surface area contributed by atoms with Crippen LogP contribution in [0.3, 0.4) is 0 Å².